The second-order valence-corrected chi connectivity index (χ2v) is 8.63. The van der Waals surface area contributed by atoms with Gasteiger partial charge in [0.25, 0.3) is 0 Å². The van der Waals surface area contributed by atoms with Crippen molar-refractivity contribution in [1.82, 2.24) is 15.2 Å². The van der Waals surface area contributed by atoms with Crippen LogP contribution in [0.25, 0.3) is 11.1 Å². The van der Waals surface area contributed by atoms with Gasteiger partial charge in [-0.05, 0) is 60.4 Å². The summed E-state index contributed by atoms with van der Waals surface area (Å²) in [7, 11) is 0. The summed E-state index contributed by atoms with van der Waals surface area (Å²) in [6.07, 6.45) is -2.37. The van der Waals surface area contributed by atoms with Gasteiger partial charge in [-0.1, -0.05) is 18.2 Å². The number of amides is 3. The predicted octanol–water partition coefficient (Wildman–Crippen LogP) is 4.92. The fraction of sp³-hybridized carbons (Fsp3) is 0.231. The lowest BCUT2D eigenvalue weighted by Gasteiger charge is -2.24. The number of pyridine rings is 1. The normalized spacial score (nSPS) is 15.3. The minimum absolute atomic E-state index is 0.128. The number of carboxylic acids is 1. The predicted molar refractivity (Wildman–Crippen MR) is 129 cm³/mol. The molecule has 1 aliphatic heterocycles. The van der Waals surface area contributed by atoms with Crippen LogP contribution in [-0.4, -0.2) is 45.5 Å². The van der Waals surface area contributed by atoms with E-state index in [9.17, 15) is 31.9 Å². The first-order valence-electron chi connectivity index (χ1n) is 11.5. The third-order valence-electron chi connectivity index (χ3n) is 6.06. The number of benzene rings is 2. The lowest BCUT2D eigenvalue weighted by molar-refractivity contribution is -0.140. The molecule has 0 unspecified atom stereocenters. The maximum atomic E-state index is 13.8. The highest BCUT2D eigenvalue weighted by Gasteiger charge is 2.35. The van der Waals surface area contributed by atoms with E-state index in [-0.39, 0.29) is 30.0 Å². The van der Waals surface area contributed by atoms with Crippen LogP contribution >= 0.6 is 0 Å². The third-order valence-corrected chi connectivity index (χ3v) is 6.06. The molecule has 38 heavy (non-hydrogen) atoms. The molecule has 8 nitrogen and oxygen atoms in total. The number of nitrogens with one attached hydrogen (secondary N) is 2. The van der Waals surface area contributed by atoms with E-state index >= 15 is 0 Å². The summed E-state index contributed by atoms with van der Waals surface area (Å²) >= 11 is 0. The quantitative estimate of drug-likeness (QED) is 0.392. The van der Waals surface area contributed by atoms with Gasteiger partial charge >= 0.3 is 18.2 Å². The lowest BCUT2D eigenvalue weighted by atomic mass is 10.0. The molecule has 4 rings (SSSR count). The molecule has 1 fully saturated rings. The molecule has 0 bridgehead atoms. The minimum atomic E-state index is -4.82. The molecule has 0 spiro atoms. The number of rotatable bonds is 6. The maximum absolute atomic E-state index is 13.8. The van der Waals surface area contributed by atoms with Gasteiger partial charge in [-0.2, -0.15) is 13.2 Å². The van der Waals surface area contributed by atoms with Crippen molar-refractivity contribution in [2.24, 2.45) is 0 Å². The van der Waals surface area contributed by atoms with Crippen molar-refractivity contribution in [2.45, 2.75) is 31.6 Å². The lowest BCUT2D eigenvalue weighted by Crippen LogP contribution is -2.47. The molecule has 1 saturated heterocycles. The number of halogens is 4. The first kappa shape index (κ1) is 26.6. The number of likely N-dealkylation sites (tertiary alicyclic amines) is 1. The van der Waals surface area contributed by atoms with Crippen LogP contribution in [0.4, 0.5) is 28.2 Å². The van der Waals surface area contributed by atoms with Crippen LogP contribution in [0.5, 0.6) is 0 Å². The van der Waals surface area contributed by atoms with Gasteiger partial charge < -0.3 is 20.6 Å². The molecule has 1 atom stereocenters. The highest BCUT2D eigenvalue weighted by molar-refractivity contribution is 5.97. The molecule has 3 N–H and O–H groups in total. The van der Waals surface area contributed by atoms with E-state index in [2.05, 4.69) is 15.6 Å². The molecular formula is C26H22F4N4O4. The molecule has 2 aromatic carbocycles. The molecule has 198 valence electrons. The number of nitrogens with zero attached hydrogens (tertiary/aromatic N) is 2. The van der Waals surface area contributed by atoms with Crippen molar-refractivity contribution in [2.75, 3.05) is 11.9 Å². The van der Waals surface area contributed by atoms with E-state index in [0.29, 0.717) is 36.1 Å². The Balaban J connectivity index is 1.36. The number of carboxylic acid groups (broad SMARTS) is 1. The van der Waals surface area contributed by atoms with Crippen LogP contribution < -0.4 is 10.6 Å². The Morgan fingerprint density at radius 3 is 2.50 bits per heavy atom. The first-order chi connectivity index (χ1) is 18.0. The van der Waals surface area contributed by atoms with Crippen LogP contribution in [0.2, 0.25) is 0 Å². The van der Waals surface area contributed by atoms with E-state index in [1.54, 1.807) is 24.3 Å². The largest absolute Gasteiger partial charge is 0.478 e. The molecule has 3 amide bonds. The number of hydrogen-bond acceptors (Lipinski definition) is 4. The van der Waals surface area contributed by atoms with E-state index in [0.717, 1.165) is 6.07 Å². The van der Waals surface area contributed by atoms with Crippen molar-refractivity contribution in [3.8, 4) is 11.1 Å². The van der Waals surface area contributed by atoms with Gasteiger partial charge in [-0.3, -0.25) is 4.79 Å². The third kappa shape index (κ3) is 6.07. The summed E-state index contributed by atoms with van der Waals surface area (Å²) in [5.74, 6) is -2.72. The van der Waals surface area contributed by atoms with Gasteiger partial charge in [-0.25, -0.2) is 19.0 Å². The van der Waals surface area contributed by atoms with E-state index in [4.69, 9.17) is 5.11 Å². The van der Waals surface area contributed by atoms with Crippen molar-refractivity contribution in [1.29, 1.82) is 0 Å². The Kier molecular flexibility index (Phi) is 7.60. The van der Waals surface area contributed by atoms with Crippen LogP contribution in [0, 0.1) is 5.82 Å². The van der Waals surface area contributed by atoms with Crippen LogP contribution in [0.1, 0.15) is 34.3 Å². The highest BCUT2D eigenvalue weighted by Crippen LogP contribution is 2.31. The molecule has 12 heteroatoms. The molecule has 3 aromatic rings. The molecule has 1 aromatic heterocycles. The van der Waals surface area contributed by atoms with Crippen molar-refractivity contribution >= 4 is 23.7 Å². The molecule has 0 aliphatic carbocycles. The van der Waals surface area contributed by atoms with Crippen LogP contribution in [0.15, 0.2) is 60.8 Å². The summed E-state index contributed by atoms with van der Waals surface area (Å²) in [5.41, 5.74) is 0.166. The summed E-state index contributed by atoms with van der Waals surface area (Å²) in [5, 5.41) is 14.3. The fourth-order valence-electron chi connectivity index (χ4n) is 4.14. The summed E-state index contributed by atoms with van der Waals surface area (Å²) in [4.78, 5) is 42.2. The van der Waals surface area contributed by atoms with Gasteiger partial charge in [0, 0.05) is 24.8 Å². The summed E-state index contributed by atoms with van der Waals surface area (Å²) in [6, 6.07) is 10.5. The number of carbonyl (C=O) groups excluding carboxylic acids is 2. The topological polar surface area (TPSA) is 112 Å². The smallest absolute Gasteiger partial charge is 0.419 e. The Bertz CT molecular complexity index is 1360. The van der Waals surface area contributed by atoms with E-state index in [1.165, 1.54) is 23.2 Å². The average molecular weight is 530 g/mol. The van der Waals surface area contributed by atoms with Crippen LogP contribution in [0.3, 0.4) is 0 Å². The maximum Gasteiger partial charge on any atom is 0.419 e. The number of carbonyl (C=O) groups is 3. The molecule has 0 radical (unpaired) electrons. The van der Waals surface area contributed by atoms with Gasteiger partial charge in [0.05, 0.1) is 11.1 Å². The van der Waals surface area contributed by atoms with Crippen molar-refractivity contribution in [3.05, 3.63) is 83.3 Å². The standard InChI is InChI=1S/C26H22F4N4O4/c27-20-11-15(6-8-19(20)26(28,29)30)13-32-25(38)34-10-2-5-21(34)23(35)33-22-9-7-18(14-31-22)16-3-1-4-17(12-16)24(36)37/h1,3-4,6-9,11-12,14,21H,2,5,10,13H2,(H,32,38)(H,36,37)(H,31,33,35)/t21-/m1/s1. The van der Waals surface area contributed by atoms with E-state index < -0.39 is 41.5 Å². The van der Waals surface area contributed by atoms with Crippen LogP contribution in [-0.2, 0) is 17.5 Å². The van der Waals surface area contributed by atoms with Gasteiger partial charge in [-0.15, -0.1) is 0 Å². The van der Waals surface area contributed by atoms with E-state index in [1.807, 2.05) is 0 Å². The zero-order chi connectivity index (χ0) is 27.4. The van der Waals surface area contributed by atoms with Gasteiger partial charge in [0.1, 0.15) is 17.7 Å². The van der Waals surface area contributed by atoms with Gasteiger partial charge in [0.15, 0.2) is 0 Å². The number of aromatic nitrogens is 1. The average Bonchev–Trinajstić information content (AvgIpc) is 3.37. The van der Waals surface area contributed by atoms with Crippen molar-refractivity contribution < 1.29 is 37.1 Å². The zero-order valence-electron chi connectivity index (χ0n) is 19.8. The molecule has 1 aliphatic rings. The minimum Gasteiger partial charge on any atom is -0.478 e. The number of anilines is 1. The number of alkyl halides is 3. The second-order valence-electron chi connectivity index (χ2n) is 8.63. The zero-order valence-corrected chi connectivity index (χ0v) is 19.8. The second kappa shape index (κ2) is 10.9. The SMILES string of the molecule is O=C(O)c1cccc(-c2ccc(NC(=O)[C@H]3CCCN3C(=O)NCc3ccc(C(F)(F)F)c(F)c3)nc2)c1. The Morgan fingerprint density at radius 2 is 1.84 bits per heavy atom. The van der Waals surface area contributed by atoms with Crippen molar-refractivity contribution in [3.63, 3.8) is 0 Å². The van der Waals surface area contributed by atoms with Gasteiger partial charge in [0.2, 0.25) is 5.91 Å². The summed E-state index contributed by atoms with van der Waals surface area (Å²) in [6.45, 7) is 0.0718. The number of hydrogen-bond donors (Lipinski definition) is 3. The molecule has 2 heterocycles. The summed E-state index contributed by atoms with van der Waals surface area (Å²) < 4.78 is 52.0. The number of urea groups is 1. The fourth-order valence-corrected chi connectivity index (χ4v) is 4.14. The highest BCUT2D eigenvalue weighted by atomic mass is 19.4. The Morgan fingerprint density at radius 1 is 1.05 bits per heavy atom. The molecular weight excluding hydrogens is 508 g/mol. The number of aromatic carboxylic acids is 1. The molecule has 0 saturated carbocycles. The Hall–Kier alpha value is -4.48. The monoisotopic (exact) mass is 530 g/mol. The Labute approximate surface area is 214 Å². The first-order valence-corrected chi connectivity index (χ1v) is 11.5.